The Morgan fingerprint density at radius 2 is 1.96 bits per heavy atom. The van der Waals surface area contributed by atoms with Crippen LogP contribution >= 0.6 is 0 Å². The molecule has 1 amide bonds. The number of nitrogens with zero attached hydrogens (tertiary/aromatic N) is 2. The number of rotatable bonds is 3. The average Bonchev–Trinajstić information content (AvgIpc) is 3.10. The molecule has 2 fully saturated rings. The minimum absolute atomic E-state index is 0.136. The van der Waals surface area contributed by atoms with Crippen molar-refractivity contribution < 1.29 is 4.79 Å². The molecule has 0 radical (unpaired) electrons. The van der Waals surface area contributed by atoms with Crippen molar-refractivity contribution in [1.29, 1.82) is 0 Å². The number of carbonyl (C=O) groups excluding carboxylic acids is 1. The number of aromatic amines is 1. The van der Waals surface area contributed by atoms with Gasteiger partial charge < -0.3 is 10.2 Å². The van der Waals surface area contributed by atoms with Crippen molar-refractivity contribution in [2.24, 2.45) is 5.92 Å². The lowest BCUT2D eigenvalue weighted by atomic mass is 9.88. The highest BCUT2D eigenvalue weighted by atomic mass is 16.2. The summed E-state index contributed by atoms with van der Waals surface area (Å²) in [6.45, 7) is 1.47. The summed E-state index contributed by atoms with van der Waals surface area (Å²) >= 11 is 0. The molecule has 132 valence electrons. The first-order chi connectivity index (χ1) is 12.2. The fourth-order valence-electron chi connectivity index (χ4n) is 4.03. The van der Waals surface area contributed by atoms with E-state index in [1.165, 1.54) is 19.3 Å². The third-order valence-corrected chi connectivity index (χ3v) is 5.41. The predicted molar refractivity (Wildman–Crippen MR) is 97.5 cm³/mol. The first kappa shape index (κ1) is 16.1. The average molecular weight is 340 g/mol. The third kappa shape index (κ3) is 3.38. The molecule has 1 unspecified atom stereocenters. The number of hydrogen-bond donors (Lipinski definition) is 2. The Morgan fingerprint density at radius 1 is 1.16 bits per heavy atom. The predicted octanol–water partition coefficient (Wildman–Crippen LogP) is 2.52. The molecule has 1 saturated heterocycles. The standard InChI is InChI=1S/C19H24N4O2/c24-17-15-8-4-5-9-16(15)21-19(22-17)20-14-10-11-23(12-14)18(25)13-6-2-1-3-7-13/h4-5,8-9,13-14H,1-3,6-7,10-12H2,(H2,20,21,22,24). The molecule has 1 aliphatic carbocycles. The van der Waals surface area contributed by atoms with Crippen LogP contribution < -0.4 is 10.9 Å². The topological polar surface area (TPSA) is 78.1 Å². The summed E-state index contributed by atoms with van der Waals surface area (Å²) in [4.78, 5) is 34.1. The van der Waals surface area contributed by atoms with Crippen LogP contribution in [0.2, 0.25) is 0 Å². The number of likely N-dealkylation sites (tertiary alicyclic amines) is 1. The zero-order valence-corrected chi connectivity index (χ0v) is 14.3. The lowest BCUT2D eigenvalue weighted by Crippen LogP contribution is -2.37. The normalized spacial score (nSPS) is 21.6. The number of aromatic nitrogens is 2. The first-order valence-electron chi connectivity index (χ1n) is 9.25. The first-order valence-corrected chi connectivity index (χ1v) is 9.25. The van der Waals surface area contributed by atoms with Gasteiger partial charge >= 0.3 is 0 Å². The number of amides is 1. The number of benzene rings is 1. The lowest BCUT2D eigenvalue weighted by molar-refractivity contribution is -0.135. The van der Waals surface area contributed by atoms with E-state index in [0.717, 1.165) is 25.8 Å². The summed E-state index contributed by atoms with van der Waals surface area (Å²) in [7, 11) is 0. The number of nitrogens with one attached hydrogen (secondary N) is 2. The molecule has 6 nitrogen and oxygen atoms in total. The zero-order valence-electron chi connectivity index (χ0n) is 14.3. The van der Waals surface area contributed by atoms with Gasteiger partial charge in [-0.05, 0) is 31.4 Å². The van der Waals surface area contributed by atoms with Crippen molar-refractivity contribution in [3.63, 3.8) is 0 Å². The van der Waals surface area contributed by atoms with Crippen molar-refractivity contribution in [3.8, 4) is 0 Å². The van der Waals surface area contributed by atoms with Crippen LogP contribution in [0, 0.1) is 5.92 Å². The van der Waals surface area contributed by atoms with Crippen LogP contribution in [0.5, 0.6) is 0 Å². The molecule has 1 aromatic heterocycles. The maximum absolute atomic E-state index is 12.7. The van der Waals surface area contributed by atoms with E-state index in [2.05, 4.69) is 15.3 Å². The molecule has 1 aliphatic heterocycles. The van der Waals surface area contributed by atoms with Gasteiger partial charge in [-0.2, -0.15) is 0 Å². The maximum Gasteiger partial charge on any atom is 0.260 e. The van der Waals surface area contributed by atoms with Crippen LogP contribution in [0.25, 0.3) is 10.9 Å². The number of anilines is 1. The van der Waals surface area contributed by atoms with Crippen molar-refractivity contribution in [1.82, 2.24) is 14.9 Å². The Morgan fingerprint density at radius 3 is 2.80 bits per heavy atom. The van der Waals surface area contributed by atoms with Gasteiger partial charge in [-0.15, -0.1) is 0 Å². The van der Waals surface area contributed by atoms with Gasteiger partial charge in [-0.3, -0.25) is 14.6 Å². The second kappa shape index (κ2) is 6.86. The largest absolute Gasteiger partial charge is 0.351 e. The molecule has 1 saturated carbocycles. The van der Waals surface area contributed by atoms with E-state index in [-0.39, 0.29) is 17.5 Å². The quantitative estimate of drug-likeness (QED) is 0.900. The van der Waals surface area contributed by atoms with Gasteiger partial charge in [-0.1, -0.05) is 31.4 Å². The minimum Gasteiger partial charge on any atom is -0.351 e. The molecule has 2 N–H and O–H groups in total. The van der Waals surface area contributed by atoms with Crippen LogP contribution in [0.4, 0.5) is 5.95 Å². The van der Waals surface area contributed by atoms with Gasteiger partial charge in [0.05, 0.1) is 10.9 Å². The van der Waals surface area contributed by atoms with Gasteiger partial charge in [0.25, 0.3) is 5.56 Å². The summed E-state index contributed by atoms with van der Waals surface area (Å²) in [6.07, 6.45) is 6.56. The molecular formula is C19H24N4O2. The summed E-state index contributed by atoms with van der Waals surface area (Å²) < 4.78 is 0. The smallest absolute Gasteiger partial charge is 0.260 e. The monoisotopic (exact) mass is 340 g/mol. The number of carbonyl (C=O) groups is 1. The third-order valence-electron chi connectivity index (χ3n) is 5.41. The molecule has 1 atom stereocenters. The summed E-state index contributed by atoms with van der Waals surface area (Å²) in [5, 5.41) is 3.89. The SMILES string of the molecule is O=C(C1CCCCC1)N1CCC(Nc2nc3ccccc3c(=O)[nH]2)C1. The van der Waals surface area contributed by atoms with E-state index >= 15 is 0 Å². The molecule has 1 aromatic carbocycles. The number of fused-ring (bicyclic) bond motifs is 1. The van der Waals surface area contributed by atoms with Crippen LogP contribution in [0.3, 0.4) is 0 Å². The molecule has 0 spiro atoms. The molecular weight excluding hydrogens is 316 g/mol. The van der Waals surface area contributed by atoms with E-state index in [4.69, 9.17) is 0 Å². The molecule has 25 heavy (non-hydrogen) atoms. The lowest BCUT2D eigenvalue weighted by Gasteiger charge is -2.26. The minimum atomic E-state index is -0.138. The van der Waals surface area contributed by atoms with Gasteiger partial charge in [0, 0.05) is 25.0 Å². The van der Waals surface area contributed by atoms with Crippen LogP contribution in [-0.4, -0.2) is 39.9 Å². The fraction of sp³-hybridized carbons (Fsp3) is 0.526. The van der Waals surface area contributed by atoms with Crippen molar-refractivity contribution in [3.05, 3.63) is 34.6 Å². The van der Waals surface area contributed by atoms with Crippen LogP contribution in [-0.2, 0) is 4.79 Å². The van der Waals surface area contributed by atoms with E-state index in [1.54, 1.807) is 6.07 Å². The van der Waals surface area contributed by atoms with Crippen molar-refractivity contribution in [2.45, 2.75) is 44.6 Å². The Kier molecular flexibility index (Phi) is 4.42. The molecule has 6 heteroatoms. The van der Waals surface area contributed by atoms with Gasteiger partial charge in [0.15, 0.2) is 0 Å². The van der Waals surface area contributed by atoms with Crippen LogP contribution in [0.15, 0.2) is 29.1 Å². The highest BCUT2D eigenvalue weighted by Gasteiger charge is 2.31. The molecule has 2 aromatic rings. The Hall–Kier alpha value is -2.37. The summed E-state index contributed by atoms with van der Waals surface area (Å²) in [5.41, 5.74) is 0.545. The van der Waals surface area contributed by atoms with Gasteiger partial charge in [-0.25, -0.2) is 4.98 Å². The number of H-pyrrole nitrogens is 1. The Labute approximate surface area is 146 Å². The van der Waals surface area contributed by atoms with Crippen molar-refractivity contribution >= 4 is 22.8 Å². The fourth-order valence-corrected chi connectivity index (χ4v) is 4.03. The number of para-hydroxylation sites is 1. The zero-order chi connectivity index (χ0) is 17.2. The Balaban J connectivity index is 1.42. The van der Waals surface area contributed by atoms with E-state index in [1.807, 2.05) is 23.1 Å². The van der Waals surface area contributed by atoms with Crippen molar-refractivity contribution in [2.75, 3.05) is 18.4 Å². The van der Waals surface area contributed by atoms with Gasteiger partial charge in [0.1, 0.15) is 0 Å². The van der Waals surface area contributed by atoms with E-state index < -0.39 is 0 Å². The van der Waals surface area contributed by atoms with E-state index in [9.17, 15) is 9.59 Å². The molecule has 4 rings (SSSR count). The number of hydrogen-bond acceptors (Lipinski definition) is 4. The highest BCUT2D eigenvalue weighted by Crippen LogP contribution is 2.27. The Bertz CT molecular complexity index is 826. The molecule has 2 aliphatic rings. The van der Waals surface area contributed by atoms with Gasteiger partial charge in [0.2, 0.25) is 11.9 Å². The maximum atomic E-state index is 12.7. The summed E-state index contributed by atoms with van der Waals surface area (Å²) in [6, 6.07) is 7.45. The summed E-state index contributed by atoms with van der Waals surface area (Å²) in [5.74, 6) is 1.01. The second-order valence-corrected chi connectivity index (χ2v) is 7.18. The molecule has 0 bridgehead atoms. The van der Waals surface area contributed by atoms with E-state index in [0.29, 0.717) is 29.3 Å². The second-order valence-electron chi connectivity index (χ2n) is 7.18. The van der Waals surface area contributed by atoms with Crippen LogP contribution in [0.1, 0.15) is 38.5 Å². The molecule has 2 heterocycles. The highest BCUT2D eigenvalue weighted by molar-refractivity contribution is 5.79.